The van der Waals surface area contributed by atoms with Gasteiger partial charge in [-0.3, -0.25) is 0 Å². The van der Waals surface area contributed by atoms with E-state index in [-0.39, 0.29) is 15.8 Å². The van der Waals surface area contributed by atoms with Crippen molar-refractivity contribution in [1.82, 2.24) is 0 Å². The van der Waals surface area contributed by atoms with E-state index in [9.17, 15) is 13.2 Å². The Morgan fingerprint density at radius 2 is 1.88 bits per heavy atom. The predicted molar refractivity (Wildman–Crippen MR) is 54.0 cm³/mol. The molecule has 1 aromatic rings. The van der Waals surface area contributed by atoms with Gasteiger partial charge in [-0.2, -0.15) is 13.2 Å². The minimum atomic E-state index is -4.80. The smallest absolute Gasteiger partial charge is 0.418 e. The number of halogens is 5. The van der Waals surface area contributed by atoms with Crippen LogP contribution in [-0.2, 0) is 0 Å². The third kappa shape index (κ3) is 2.72. The Morgan fingerprint density at radius 3 is 2.31 bits per heavy atom. The SMILES string of the molecule is COc1c(Cl)cc(Cl)cc1[C@@H](O)C(F)(F)F. The topological polar surface area (TPSA) is 29.5 Å². The third-order valence-electron chi connectivity index (χ3n) is 1.85. The lowest BCUT2D eigenvalue weighted by atomic mass is 10.1. The number of hydrogen-bond acceptors (Lipinski definition) is 2. The molecule has 0 radical (unpaired) electrons. The van der Waals surface area contributed by atoms with Crippen LogP contribution in [0.4, 0.5) is 13.2 Å². The molecule has 0 aliphatic heterocycles. The van der Waals surface area contributed by atoms with E-state index >= 15 is 0 Å². The van der Waals surface area contributed by atoms with Crippen molar-refractivity contribution in [1.29, 1.82) is 0 Å². The fraction of sp³-hybridized carbons (Fsp3) is 0.333. The van der Waals surface area contributed by atoms with Crippen LogP contribution in [0.5, 0.6) is 5.75 Å². The maximum Gasteiger partial charge on any atom is 0.418 e. The van der Waals surface area contributed by atoms with Gasteiger partial charge in [-0.05, 0) is 12.1 Å². The Hall–Kier alpha value is -0.650. The highest BCUT2D eigenvalue weighted by atomic mass is 35.5. The molecule has 0 aliphatic carbocycles. The molecule has 90 valence electrons. The van der Waals surface area contributed by atoms with Gasteiger partial charge in [0.2, 0.25) is 0 Å². The average molecular weight is 275 g/mol. The van der Waals surface area contributed by atoms with E-state index in [0.29, 0.717) is 0 Å². The van der Waals surface area contributed by atoms with Crippen molar-refractivity contribution in [2.75, 3.05) is 7.11 Å². The van der Waals surface area contributed by atoms with Gasteiger partial charge in [-0.15, -0.1) is 0 Å². The molecule has 0 saturated heterocycles. The Labute approximate surface area is 99.5 Å². The van der Waals surface area contributed by atoms with Gasteiger partial charge >= 0.3 is 6.18 Å². The van der Waals surface area contributed by atoms with Crippen LogP contribution in [0.25, 0.3) is 0 Å². The van der Waals surface area contributed by atoms with Gasteiger partial charge in [0.15, 0.2) is 6.10 Å². The minimum absolute atomic E-state index is 0.0101. The number of methoxy groups -OCH3 is 1. The molecule has 0 aromatic heterocycles. The number of ether oxygens (including phenoxy) is 1. The van der Waals surface area contributed by atoms with Crippen molar-refractivity contribution in [3.05, 3.63) is 27.7 Å². The zero-order valence-corrected chi connectivity index (χ0v) is 9.49. The van der Waals surface area contributed by atoms with Gasteiger partial charge in [0.05, 0.1) is 12.1 Å². The molecule has 2 nitrogen and oxygen atoms in total. The van der Waals surface area contributed by atoms with E-state index in [1.54, 1.807) is 0 Å². The molecule has 1 N–H and O–H groups in total. The fourth-order valence-corrected chi connectivity index (χ4v) is 1.76. The van der Waals surface area contributed by atoms with Crippen LogP contribution in [0.2, 0.25) is 10.0 Å². The first kappa shape index (κ1) is 13.4. The summed E-state index contributed by atoms with van der Waals surface area (Å²) in [7, 11) is 1.15. The second-order valence-corrected chi connectivity index (χ2v) is 3.80. The Morgan fingerprint density at radius 1 is 1.31 bits per heavy atom. The summed E-state index contributed by atoms with van der Waals surface area (Å²) in [5, 5.41) is 9.00. The lowest BCUT2D eigenvalue weighted by Gasteiger charge is -2.18. The van der Waals surface area contributed by atoms with Gasteiger partial charge in [-0.1, -0.05) is 23.2 Å². The van der Waals surface area contributed by atoms with Crippen LogP contribution < -0.4 is 4.74 Å². The Bertz CT molecular complexity index is 393. The first-order chi connectivity index (χ1) is 7.27. The molecule has 0 fully saturated rings. The van der Waals surface area contributed by atoms with Crippen molar-refractivity contribution in [2.45, 2.75) is 12.3 Å². The van der Waals surface area contributed by atoms with E-state index in [2.05, 4.69) is 0 Å². The maximum atomic E-state index is 12.3. The molecule has 1 rings (SSSR count). The number of alkyl halides is 3. The summed E-state index contributed by atoms with van der Waals surface area (Å²) in [6, 6.07) is 2.19. The predicted octanol–water partition coefficient (Wildman–Crippen LogP) is 3.60. The molecule has 0 unspecified atom stereocenters. The van der Waals surface area contributed by atoms with Crippen LogP contribution >= 0.6 is 23.2 Å². The fourth-order valence-electron chi connectivity index (χ4n) is 1.18. The molecule has 1 atom stereocenters. The molecule has 0 spiro atoms. The van der Waals surface area contributed by atoms with E-state index in [0.717, 1.165) is 13.2 Å². The molecule has 0 saturated carbocycles. The Balaban J connectivity index is 3.31. The molecule has 0 heterocycles. The lowest BCUT2D eigenvalue weighted by Crippen LogP contribution is -2.20. The number of rotatable bonds is 2. The molecular weight excluding hydrogens is 268 g/mol. The highest BCUT2D eigenvalue weighted by Crippen LogP contribution is 2.41. The van der Waals surface area contributed by atoms with Gasteiger partial charge in [0, 0.05) is 10.6 Å². The summed E-state index contributed by atoms with van der Waals surface area (Å²) in [5.41, 5.74) is -0.507. The standard InChI is InChI=1S/C9H7Cl2F3O2/c1-16-7-5(8(15)9(12,13)14)2-4(10)3-6(7)11/h2-3,8,15H,1H3/t8-/m1/s1. The van der Waals surface area contributed by atoms with Crippen LogP contribution in [0.3, 0.4) is 0 Å². The molecular formula is C9H7Cl2F3O2. The maximum absolute atomic E-state index is 12.3. The summed E-state index contributed by atoms with van der Waals surface area (Å²) in [6.45, 7) is 0. The summed E-state index contributed by atoms with van der Waals surface area (Å²) in [4.78, 5) is 0. The first-order valence-corrected chi connectivity index (χ1v) is 4.80. The molecule has 7 heteroatoms. The number of aliphatic hydroxyl groups is 1. The van der Waals surface area contributed by atoms with Gasteiger partial charge in [-0.25, -0.2) is 0 Å². The van der Waals surface area contributed by atoms with Gasteiger partial charge in [0.25, 0.3) is 0 Å². The normalized spacial score (nSPS) is 13.7. The lowest BCUT2D eigenvalue weighted by molar-refractivity contribution is -0.207. The van der Waals surface area contributed by atoms with Crippen molar-refractivity contribution in [3.63, 3.8) is 0 Å². The molecule has 1 aromatic carbocycles. The summed E-state index contributed by atoms with van der Waals surface area (Å²) in [6.07, 6.45) is -7.49. The quantitative estimate of drug-likeness (QED) is 0.893. The Kier molecular flexibility index (Phi) is 3.93. The van der Waals surface area contributed by atoms with Gasteiger partial charge in [0.1, 0.15) is 5.75 Å². The van der Waals surface area contributed by atoms with Crippen LogP contribution in [-0.4, -0.2) is 18.4 Å². The number of benzene rings is 1. The highest BCUT2D eigenvalue weighted by Gasteiger charge is 2.41. The molecule has 0 aliphatic rings. The van der Waals surface area contributed by atoms with Gasteiger partial charge < -0.3 is 9.84 Å². The molecule has 0 bridgehead atoms. The highest BCUT2D eigenvalue weighted by molar-refractivity contribution is 6.35. The van der Waals surface area contributed by atoms with Crippen molar-refractivity contribution >= 4 is 23.2 Å². The second kappa shape index (κ2) is 4.69. The monoisotopic (exact) mass is 274 g/mol. The number of aliphatic hydroxyl groups excluding tert-OH is 1. The largest absolute Gasteiger partial charge is 0.495 e. The summed E-state index contributed by atoms with van der Waals surface area (Å²) < 4.78 is 41.7. The second-order valence-electron chi connectivity index (χ2n) is 2.95. The minimum Gasteiger partial charge on any atom is -0.495 e. The summed E-state index contributed by atoms with van der Waals surface area (Å²) >= 11 is 11.2. The van der Waals surface area contributed by atoms with E-state index in [1.165, 1.54) is 6.07 Å². The van der Waals surface area contributed by atoms with Crippen molar-refractivity contribution in [2.24, 2.45) is 0 Å². The zero-order valence-electron chi connectivity index (χ0n) is 7.98. The first-order valence-electron chi connectivity index (χ1n) is 4.05. The van der Waals surface area contributed by atoms with E-state index in [1.807, 2.05) is 0 Å². The number of hydrogen-bond donors (Lipinski definition) is 1. The van der Waals surface area contributed by atoms with Crippen LogP contribution in [0.15, 0.2) is 12.1 Å². The zero-order chi connectivity index (χ0) is 12.5. The van der Waals surface area contributed by atoms with Crippen LogP contribution in [0.1, 0.15) is 11.7 Å². The third-order valence-corrected chi connectivity index (χ3v) is 2.34. The van der Waals surface area contributed by atoms with Crippen LogP contribution in [0, 0.1) is 0 Å². The molecule has 0 amide bonds. The van der Waals surface area contributed by atoms with Crippen molar-refractivity contribution < 1.29 is 23.0 Å². The van der Waals surface area contributed by atoms with Crippen molar-refractivity contribution in [3.8, 4) is 5.75 Å². The van der Waals surface area contributed by atoms with E-state index in [4.69, 9.17) is 33.0 Å². The summed E-state index contributed by atoms with van der Waals surface area (Å²) in [5.74, 6) is -0.240. The van der Waals surface area contributed by atoms with E-state index < -0.39 is 17.8 Å². The average Bonchev–Trinajstić information content (AvgIpc) is 2.14. The molecule has 16 heavy (non-hydrogen) atoms.